The van der Waals surface area contributed by atoms with Gasteiger partial charge in [-0.1, -0.05) is 6.07 Å². The number of rotatable bonds is 3. The van der Waals surface area contributed by atoms with E-state index in [0.717, 1.165) is 41.7 Å². The Balaban J connectivity index is 1.84. The van der Waals surface area contributed by atoms with E-state index in [9.17, 15) is 4.79 Å². The minimum atomic E-state index is 0.112. The maximum absolute atomic E-state index is 11.6. The average Bonchev–Trinajstić information content (AvgIpc) is 2.93. The maximum Gasteiger partial charge on any atom is 0.219 e. The van der Waals surface area contributed by atoms with Gasteiger partial charge in [0.15, 0.2) is 0 Å². The molecule has 0 bridgehead atoms. The third-order valence-corrected chi connectivity index (χ3v) is 4.17. The second-order valence-electron chi connectivity index (χ2n) is 5.82. The summed E-state index contributed by atoms with van der Waals surface area (Å²) in [6.07, 6.45) is 2.02. The Morgan fingerprint density at radius 3 is 3.09 bits per heavy atom. The number of carbonyl (C=O) groups excluding carboxylic acids is 1. The summed E-state index contributed by atoms with van der Waals surface area (Å²) in [5, 5.41) is 0.848. The quantitative estimate of drug-likeness (QED) is 0.945. The monoisotopic (exact) mass is 299 g/mol. The largest absolute Gasteiger partial charge is 0.491 e. The van der Waals surface area contributed by atoms with Gasteiger partial charge in [-0.2, -0.15) is 0 Å². The molecule has 1 amide bonds. The smallest absolute Gasteiger partial charge is 0.219 e. The first-order valence-electron chi connectivity index (χ1n) is 7.62. The fourth-order valence-corrected chi connectivity index (χ4v) is 3.15. The van der Waals surface area contributed by atoms with Gasteiger partial charge in [0.1, 0.15) is 12.4 Å². The molecule has 1 atom stereocenters. The van der Waals surface area contributed by atoms with Gasteiger partial charge < -0.3 is 15.4 Å². The minimum absolute atomic E-state index is 0.112. The Hall–Kier alpha value is -2.30. The van der Waals surface area contributed by atoms with E-state index in [2.05, 4.69) is 4.98 Å². The molecule has 116 valence electrons. The number of hydrogen-bond acceptors (Lipinski definition) is 4. The highest BCUT2D eigenvalue weighted by atomic mass is 16.5. The van der Waals surface area contributed by atoms with Crippen molar-refractivity contribution in [3.63, 3.8) is 0 Å². The summed E-state index contributed by atoms with van der Waals surface area (Å²) in [6.45, 7) is 4.85. The van der Waals surface area contributed by atoms with Crippen LogP contribution in [0.1, 0.15) is 25.5 Å². The molecule has 1 aromatic heterocycles. The molecule has 1 aliphatic heterocycles. The molecule has 0 saturated carbocycles. The van der Waals surface area contributed by atoms with Crippen LogP contribution in [0.15, 0.2) is 24.3 Å². The predicted molar refractivity (Wildman–Crippen MR) is 86.8 cm³/mol. The molecule has 1 aromatic carbocycles. The van der Waals surface area contributed by atoms with Gasteiger partial charge >= 0.3 is 0 Å². The van der Waals surface area contributed by atoms with Crippen molar-refractivity contribution in [2.75, 3.05) is 18.9 Å². The number of carbonyl (C=O) groups is 1. The second-order valence-corrected chi connectivity index (χ2v) is 5.82. The van der Waals surface area contributed by atoms with Crippen LogP contribution in [0, 0.1) is 6.92 Å². The van der Waals surface area contributed by atoms with Gasteiger partial charge in [0.25, 0.3) is 0 Å². The number of anilines is 1. The lowest BCUT2D eigenvalue weighted by atomic mass is 10.1. The standard InChI is InChI=1S/C17H21N3O2/c1-11-9-14(18)17-15(19-11)6-3-7-16(17)22-10-13-5-4-8-20(13)12(2)21/h3,6-7,9,13H,4-5,8,10H2,1-2H3,(H2,18,19). The number of ether oxygens (including phenoxy) is 1. The highest BCUT2D eigenvalue weighted by Crippen LogP contribution is 2.31. The number of likely N-dealkylation sites (tertiary alicyclic amines) is 1. The topological polar surface area (TPSA) is 68.5 Å². The van der Waals surface area contributed by atoms with Crippen LogP contribution in [0.5, 0.6) is 5.75 Å². The molecule has 1 fully saturated rings. The Kier molecular flexibility index (Phi) is 3.88. The molecule has 1 saturated heterocycles. The number of aromatic nitrogens is 1. The van der Waals surface area contributed by atoms with Crippen LogP contribution in [0.3, 0.4) is 0 Å². The minimum Gasteiger partial charge on any atom is -0.491 e. The van der Waals surface area contributed by atoms with Gasteiger partial charge in [-0.3, -0.25) is 9.78 Å². The number of fused-ring (bicyclic) bond motifs is 1. The van der Waals surface area contributed by atoms with E-state index in [1.807, 2.05) is 36.1 Å². The normalized spacial score (nSPS) is 17.9. The van der Waals surface area contributed by atoms with Crippen LogP contribution in [0.2, 0.25) is 0 Å². The van der Waals surface area contributed by atoms with Gasteiger partial charge in [0, 0.05) is 24.8 Å². The van der Waals surface area contributed by atoms with Crippen LogP contribution < -0.4 is 10.5 Å². The summed E-state index contributed by atoms with van der Waals surface area (Å²) in [6, 6.07) is 7.76. The lowest BCUT2D eigenvalue weighted by Crippen LogP contribution is -2.37. The number of nitrogens with two attached hydrogens (primary N) is 1. The Labute approximate surface area is 130 Å². The number of pyridine rings is 1. The molecule has 0 spiro atoms. The van der Waals surface area contributed by atoms with Gasteiger partial charge in [-0.25, -0.2) is 0 Å². The molecule has 2 N–H and O–H groups in total. The molecule has 1 unspecified atom stereocenters. The number of benzene rings is 1. The third-order valence-electron chi connectivity index (χ3n) is 4.17. The zero-order chi connectivity index (χ0) is 15.7. The van der Waals surface area contributed by atoms with E-state index in [1.54, 1.807) is 6.92 Å². The fraction of sp³-hybridized carbons (Fsp3) is 0.412. The van der Waals surface area contributed by atoms with Gasteiger partial charge in [-0.05, 0) is 38.0 Å². The van der Waals surface area contributed by atoms with Gasteiger partial charge in [-0.15, -0.1) is 0 Å². The second kappa shape index (κ2) is 5.83. The number of hydrogen-bond donors (Lipinski definition) is 1. The van der Waals surface area contributed by atoms with E-state index < -0.39 is 0 Å². The molecule has 0 aliphatic carbocycles. The molecule has 5 nitrogen and oxygen atoms in total. The third kappa shape index (κ3) is 2.71. The van der Waals surface area contributed by atoms with Crippen LogP contribution in [-0.4, -0.2) is 35.0 Å². The van der Waals surface area contributed by atoms with Crippen molar-refractivity contribution in [1.29, 1.82) is 0 Å². The van der Waals surface area contributed by atoms with Crippen molar-refractivity contribution in [1.82, 2.24) is 9.88 Å². The molecule has 2 heterocycles. The summed E-state index contributed by atoms with van der Waals surface area (Å²) < 4.78 is 5.99. The average molecular weight is 299 g/mol. The van der Waals surface area contributed by atoms with E-state index in [4.69, 9.17) is 10.5 Å². The first kappa shape index (κ1) is 14.6. The Morgan fingerprint density at radius 1 is 1.50 bits per heavy atom. The van der Waals surface area contributed by atoms with Gasteiger partial charge in [0.05, 0.1) is 16.9 Å². The van der Waals surface area contributed by atoms with Crippen LogP contribution >= 0.6 is 0 Å². The summed E-state index contributed by atoms with van der Waals surface area (Å²) >= 11 is 0. The van der Waals surface area contributed by atoms with E-state index in [0.29, 0.717) is 12.3 Å². The summed E-state index contributed by atoms with van der Waals surface area (Å²) in [5.74, 6) is 0.846. The van der Waals surface area contributed by atoms with Crippen molar-refractivity contribution < 1.29 is 9.53 Å². The SMILES string of the molecule is CC(=O)N1CCCC1COc1cccc2nc(C)cc(N)c12. The number of aryl methyl sites for hydroxylation is 1. The van der Waals surface area contributed by atoms with Crippen LogP contribution in [-0.2, 0) is 4.79 Å². The van der Waals surface area contributed by atoms with E-state index in [1.165, 1.54) is 0 Å². The number of amides is 1. The van der Waals surface area contributed by atoms with Crippen molar-refractivity contribution in [2.45, 2.75) is 32.7 Å². The van der Waals surface area contributed by atoms with E-state index in [-0.39, 0.29) is 11.9 Å². The lowest BCUT2D eigenvalue weighted by Gasteiger charge is -2.23. The highest BCUT2D eigenvalue weighted by molar-refractivity contribution is 5.95. The molecule has 22 heavy (non-hydrogen) atoms. The number of nitrogens with zero attached hydrogens (tertiary/aromatic N) is 2. The van der Waals surface area contributed by atoms with E-state index >= 15 is 0 Å². The van der Waals surface area contributed by atoms with Crippen LogP contribution in [0.25, 0.3) is 10.9 Å². The Bertz CT molecular complexity index is 714. The summed E-state index contributed by atoms with van der Waals surface area (Å²) in [5.41, 5.74) is 8.53. The van der Waals surface area contributed by atoms with Crippen molar-refractivity contribution >= 4 is 22.5 Å². The molecular weight excluding hydrogens is 278 g/mol. The molecule has 0 radical (unpaired) electrons. The Morgan fingerprint density at radius 2 is 2.32 bits per heavy atom. The predicted octanol–water partition coefficient (Wildman–Crippen LogP) is 2.52. The zero-order valence-corrected chi connectivity index (χ0v) is 13.0. The first-order valence-corrected chi connectivity index (χ1v) is 7.62. The van der Waals surface area contributed by atoms with Crippen LogP contribution in [0.4, 0.5) is 5.69 Å². The van der Waals surface area contributed by atoms with Gasteiger partial charge in [0.2, 0.25) is 5.91 Å². The van der Waals surface area contributed by atoms with Crippen molar-refractivity contribution in [2.24, 2.45) is 0 Å². The lowest BCUT2D eigenvalue weighted by molar-refractivity contribution is -0.130. The van der Waals surface area contributed by atoms with Crippen molar-refractivity contribution in [3.8, 4) is 5.75 Å². The number of nitrogen functional groups attached to an aromatic ring is 1. The summed E-state index contributed by atoms with van der Waals surface area (Å²) in [4.78, 5) is 18.0. The zero-order valence-electron chi connectivity index (χ0n) is 13.0. The fourth-order valence-electron chi connectivity index (χ4n) is 3.15. The summed E-state index contributed by atoms with van der Waals surface area (Å²) in [7, 11) is 0. The highest BCUT2D eigenvalue weighted by Gasteiger charge is 2.27. The molecule has 2 aromatic rings. The van der Waals surface area contributed by atoms with Crippen molar-refractivity contribution in [3.05, 3.63) is 30.0 Å². The molecular formula is C17H21N3O2. The first-order chi connectivity index (χ1) is 10.6. The molecule has 3 rings (SSSR count). The molecule has 1 aliphatic rings. The maximum atomic E-state index is 11.6. The molecule has 5 heteroatoms.